The zero-order chi connectivity index (χ0) is 19.3. The summed E-state index contributed by atoms with van der Waals surface area (Å²) in [7, 11) is 0. The molecule has 0 radical (unpaired) electrons. The van der Waals surface area contributed by atoms with E-state index >= 15 is 0 Å². The van der Waals surface area contributed by atoms with Gasteiger partial charge in [-0.05, 0) is 54.0 Å². The highest BCUT2D eigenvalue weighted by atomic mass is 16.3. The van der Waals surface area contributed by atoms with Crippen LogP contribution in [0.5, 0.6) is 5.75 Å². The van der Waals surface area contributed by atoms with Crippen molar-refractivity contribution in [3.63, 3.8) is 0 Å². The van der Waals surface area contributed by atoms with Crippen LogP contribution in [0, 0.1) is 5.41 Å². The average molecular weight is 351 g/mol. The predicted octanol–water partition coefficient (Wildman–Crippen LogP) is 4.52. The fourth-order valence-corrected chi connectivity index (χ4v) is 4.84. The predicted molar refractivity (Wildman–Crippen MR) is 106 cm³/mol. The Hall–Kier alpha value is -2.29. The van der Waals surface area contributed by atoms with E-state index in [-0.39, 0.29) is 22.8 Å². The molecule has 0 spiro atoms. The molecule has 1 amide bonds. The van der Waals surface area contributed by atoms with Crippen molar-refractivity contribution in [2.45, 2.75) is 52.0 Å². The van der Waals surface area contributed by atoms with Crippen LogP contribution in [0.1, 0.15) is 45.2 Å². The van der Waals surface area contributed by atoms with Gasteiger partial charge in [-0.2, -0.15) is 0 Å². The van der Waals surface area contributed by atoms with Gasteiger partial charge in [-0.3, -0.25) is 4.79 Å². The van der Waals surface area contributed by atoms with Gasteiger partial charge < -0.3 is 10.0 Å². The number of rotatable bonds is 3. The van der Waals surface area contributed by atoms with E-state index in [0.29, 0.717) is 24.3 Å². The molecule has 138 valence electrons. The number of nitrogens with zero attached hydrogens (tertiary/aromatic N) is 1. The van der Waals surface area contributed by atoms with Crippen LogP contribution in [-0.2, 0) is 16.6 Å². The fraction of sp³-hybridized carbons (Fsp3) is 0.435. The largest absolute Gasteiger partial charge is 0.508 e. The molecule has 1 fully saturated rings. The van der Waals surface area contributed by atoms with Crippen LogP contribution in [0.25, 0.3) is 0 Å². The van der Waals surface area contributed by atoms with E-state index < -0.39 is 0 Å². The highest BCUT2D eigenvalue weighted by molar-refractivity contribution is 5.98. The number of fused-ring (bicyclic) bond motifs is 4. The molecule has 3 rings (SSSR count). The van der Waals surface area contributed by atoms with Crippen LogP contribution in [0.2, 0.25) is 0 Å². The third-order valence-electron chi connectivity index (χ3n) is 6.86. The number of phenols is 1. The van der Waals surface area contributed by atoms with Gasteiger partial charge in [-0.25, -0.2) is 0 Å². The number of hydrogen-bond donors (Lipinski definition) is 1. The molecule has 1 saturated heterocycles. The minimum Gasteiger partial charge on any atom is -0.508 e. The molecule has 1 aromatic carbocycles. The molecule has 2 bridgehead atoms. The lowest BCUT2D eigenvalue weighted by atomic mass is 9.51. The van der Waals surface area contributed by atoms with E-state index in [0.717, 1.165) is 17.6 Å². The van der Waals surface area contributed by atoms with Crippen LogP contribution >= 0.6 is 0 Å². The van der Waals surface area contributed by atoms with E-state index in [2.05, 4.69) is 40.0 Å². The summed E-state index contributed by atoms with van der Waals surface area (Å²) in [5.74, 6) is 0.349. The first-order chi connectivity index (χ1) is 12.1. The Labute approximate surface area is 156 Å². The highest BCUT2D eigenvalue weighted by Crippen LogP contribution is 2.57. The van der Waals surface area contributed by atoms with E-state index in [1.807, 2.05) is 17.9 Å². The van der Waals surface area contributed by atoms with Crippen molar-refractivity contribution in [2.24, 2.45) is 5.41 Å². The molecule has 1 N–H and O–H groups in total. The second-order valence-electron chi connectivity index (χ2n) is 8.42. The zero-order valence-electron chi connectivity index (χ0n) is 16.3. The minimum atomic E-state index is -0.101. The summed E-state index contributed by atoms with van der Waals surface area (Å²) >= 11 is 0. The van der Waals surface area contributed by atoms with Gasteiger partial charge in [-0.1, -0.05) is 52.1 Å². The Morgan fingerprint density at radius 1 is 1.35 bits per heavy atom. The third kappa shape index (κ3) is 2.45. The molecule has 3 nitrogen and oxygen atoms in total. The molecule has 1 heterocycles. The van der Waals surface area contributed by atoms with Crippen molar-refractivity contribution < 1.29 is 9.90 Å². The number of benzene rings is 1. The SMILES string of the molecule is C=C/C=C(\C(=C)C)C(=O)N1CC[C@@]2(C)c3cccc(O)c3C[C@@H]1C2(C)C. The zero-order valence-corrected chi connectivity index (χ0v) is 16.3. The number of carbonyl (C=O) groups excluding carboxylic acids is 1. The van der Waals surface area contributed by atoms with Crippen molar-refractivity contribution in [2.75, 3.05) is 6.54 Å². The van der Waals surface area contributed by atoms with Crippen molar-refractivity contribution in [3.8, 4) is 5.75 Å². The lowest BCUT2D eigenvalue weighted by molar-refractivity contribution is -0.139. The monoisotopic (exact) mass is 351 g/mol. The summed E-state index contributed by atoms with van der Waals surface area (Å²) < 4.78 is 0. The number of hydrogen-bond acceptors (Lipinski definition) is 2. The van der Waals surface area contributed by atoms with Crippen LogP contribution in [0.3, 0.4) is 0 Å². The summed E-state index contributed by atoms with van der Waals surface area (Å²) in [6.07, 6.45) is 4.94. The quantitative estimate of drug-likeness (QED) is 0.642. The Bertz CT molecular complexity index is 817. The van der Waals surface area contributed by atoms with Crippen LogP contribution < -0.4 is 0 Å². The Balaban J connectivity index is 2.10. The number of allylic oxidation sites excluding steroid dienone is 2. The third-order valence-corrected chi connectivity index (χ3v) is 6.86. The molecule has 1 aromatic rings. The Kier molecular flexibility index (Phi) is 4.38. The summed E-state index contributed by atoms with van der Waals surface area (Å²) in [5.41, 5.74) is 3.40. The first-order valence-corrected chi connectivity index (χ1v) is 9.26. The molecular formula is C23H29NO2. The normalized spacial score (nSPS) is 26.8. The molecule has 0 saturated carbocycles. The molecule has 0 aromatic heterocycles. The summed E-state index contributed by atoms with van der Waals surface area (Å²) in [6, 6.07) is 5.85. The number of phenolic OH excluding ortho intramolecular Hbond substituents is 1. The molecule has 1 aliphatic carbocycles. The maximum absolute atomic E-state index is 13.3. The summed E-state index contributed by atoms with van der Waals surface area (Å²) in [6.45, 7) is 17.0. The fourth-order valence-electron chi connectivity index (χ4n) is 4.84. The molecule has 1 aliphatic heterocycles. The second kappa shape index (κ2) is 6.15. The van der Waals surface area contributed by atoms with E-state index in [1.54, 1.807) is 18.2 Å². The molecule has 3 heteroatoms. The van der Waals surface area contributed by atoms with E-state index in [4.69, 9.17) is 0 Å². The average Bonchev–Trinajstić information content (AvgIpc) is 2.56. The highest BCUT2D eigenvalue weighted by Gasteiger charge is 2.57. The van der Waals surface area contributed by atoms with Crippen LogP contribution in [0.4, 0.5) is 0 Å². The van der Waals surface area contributed by atoms with E-state index in [9.17, 15) is 9.90 Å². The first kappa shape index (κ1) is 18.5. The van der Waals surface area contributed by atoms with Gasteiger partial charge >= 0.3 is 0 Å². The molecular weight excluding hydrogens is 322 g/mol. The summed E-state index contributed by atoms with van der Waals surface area (Å²) in [4.78, 5) is 15.3. The molecule has 26 heavy (non-hydrogen) atoms. The van der Waals surface area contributed by atoms with Gasteiger partial charge in [0, 0.05) is 23.6 Å². The molecule has 2 aliphatic rings. The molecule has 0 unspecified atom stereocenters. The van der Waals surface area contributed by atoms with Gasteiger partial charge in [0.15, 0.2) is 0 Å². The maximum atomic E-state index is 13.3. The van der Waals surface area contributed by atoms with Gasteiger partial charge in [0.05, 0.1) is 0 Å². The Morgan fingerprint density at radius 2 is 2.04 bits per heavy atom. The van der Waals surface area contributed by atoms with Crippen molar-refractivity contribution in [3.05, 3.63) is 65.8 Å². The number of likely N-dealkylation sites (tertiary alicyclic amines) is 1. The number of aromatic hydroxyl groups is 1. The number of amides is 1. The van der Waals surface area contributed by atoms with Gasteiger partial charge in [-0.15, -0.1) is 0 Å². The second-order valence-corrected chi connectivity index (χ2v) is 8.42. The minimum absolute atomic E-state index is 0.0106. The van der Waals surface area contributed by atoms with E-state index in [1.165, 1.54) is 5.56 Å². The lowest BCUT2D eigenvalue weighted by Crippen LogP contribution is -2.65. The number of carbonyl (C=O) groups is 1. The molecule has 2 atom stereocenters. The Morgan fingerprint density at radius 3 is 2.65 bits per heavy atom. The van der Waals surface area contributed by atoms with Crippen molar-refractivity contribution >= 4 is 5.91 Å². The first-order valence-electron chi connectivity index (χ1n) is 9.26. The van der Waals surface area contributed by atoms with Gasteiger partial charge in [0.25, 0.3) is 5.91 Å². The number of piperidine rings is 1. The van der Waals surface area contributed by atoms with Crippen LogP contribution in [0.15, 0.2) is 54.7 Å². The topological polar surface area (TPSA) is 40.5 Å². The smallest absolute Gasteiger partial charge is 0.254 e. The van der Waals surface area contributed by atoms with Crippen LogP contribution in [-0.4, -0.2) is 28.5 Å². The summed E-state index contributed by atoms with van der Waals surface area (Å²) in [5, 5.41) is 10.5. The van der Waals surface area contributed by atoms with Crippen molar-refractivity contribution in [1.29, 1.82) is 0 Å². The lowest BCUT2D eigenvalue weighted by Gasteiger charge is -2.60. The van der Waals surface area contributed by atoms with Crippen molar-refractivity contribution in [1.82, 2.24) is 4.90 Å². The standard InChI is InChI=1S/C23H29NO2/c1-7-9-16(15(2)3)21(26)24-13-12-23(6)18-10-8-11-19(25)17(18)14-20(24)22(23,4)5/h7-11,20,25H,1-2,12-14H2,3-6H3/b16-9+/t20-,23+/m1/s1. The maximum Gasteiger partial charge on any atom is 0.254 e. The van der Waals surface area contributed by atoms with Gasteiger partial charge in [0.1, 0.15) is 5.75 Å². The van der Waals surface area contributed by atoms with Gasteiger partial charge in [0.2, 0.25) is 0 Å².